The Morgan fingerprint density at radius 3 is 2.38 bits per heavy atom. The van der Waals surface area contributed by atoms with Crippen molar-refractivity contribution in [2.45, 2.75) is 31.7 Å². The average molecular weight is 348 g/mol. The number of carbonyl (C=O) groups is 2. The lowest BCUT2D eigenvalue weighted by atomic mass is 9.72. The van der Waals surface area contributed by atoms with Gasteiger partial charge in [0.15, 0.2) is 0 Å². The summed E-state index contributed by atoms with van der Waals surface area (Å²) in [6.07, 6.45) is 2.70. The number of aryl methyl sites for hydroxylation is 1. The van der Waals surface area contributed by atoms with Crippen molar-refractivity contribution in [3.8, 4) is 6.07 Å². The molecule has 0 saturated heterocycles. The van der Waals surface area contributed by atoms with Gasteiger partial charge in [0.1, 0.15) is 0 Å². The Kier molecular flexibility index (Phi) is 4.63. The molecule has 6 nitrogen and oxygen atoms in total. The molecule has 3 rings (SSSR count). The van der Waals surface area contributed by atoms with Gasteiger partial charge in [-0.3, -0.25) is 4.79 Å². The van der Waals surface area contributed by atoms with E-state index in [4.69, 9.17) is 11.0 Å². The number of rotatable bonds is 4. The van der Waals surface area contributed by atoms with Gasteiger partial charge in [0, 0.05) is 11.3 Å². The van der Waals surface area contributed by atoms with Gasteiger partial charge in [0.25, 0.3) is 0 Å². The van der Waals surface area contributed by atoms with Crippen molar-refractivity contribution in [3.63, 3.8) is 0 Å². The molecule has 0 heterocycles. The van der Waals surface area contributed by atoms with Crippen LogP contribution in [0.25, 0.3) is 0 Å². The molecule has 0 spiro atoms. The molecule has 3 amide bonds. The molecular formula is C20H20N4O2. The zero-order valence-electron chi connectivity index (χ0n) is 14.5. The summed E-state index contributed by atoms with van der Waals surface area (Å²) in [5.41, 5.74) is 8.16. The van der Waals surface area contributed by atoms with Gasteiger partial charge in [-0.1, -0.05) is 18.2 Å². The highest BCUT2D eigenvalue weighted by molar-refractivity contribution is 5.97. The Hall–Kier alpha value is -3.33. The number of carbonyl (C=O) groups excluding carboxylic acids is 2. The van der Waals surface area contributed by atoms with Crippen LogP contribution >= 0.6 is 0 Å². The lowest BCUT2D eigenvalue weighted by molar-refractivity contribution is 0.0999. The second-order valence-electron chi connectivity index (χ2n) is 6.60. The molecule has 2 aromatic rings. The fourth-order valence-electron chi connectivity index (χ4n) is 3.22. The number of urea groups is 1. The second-order valence-corrected chi connectivity index (χ2v) is 6.60. The smallest absolute Gasteiger partial charge is 0.319 e. The maximum atomic E-state index is 12.5. The van der Waals surface area contributed by atoms with Crippen LogP contribution in [0.5, 0.6) is 0 Å². The van der Waals surface area contributed by atoms with E-state index in [-0.39, 0.29) is 6.03 Å². The van der Waals surface area contributed by atoms with Crippen LogP contribution in [0, 0.1) is 18.3 Å². The number of nitrogens with zero attached hydrogens (tertiary/aromatic N) is 1. The van der Waals surface area contributed by atoms with Crippen LogP contribution in [0.4, 0.5) is 10.5 Å². The molecule has 1 aliphatic rings. The van der Waals surface area contributed by atoms with Gasteiger partial charge >= 0.3 is 6.03 Å². The summed E-state index contributed by atoms with van der Waals surface area (Å²) in [7, 11) is 0. The number of hydrogen-bond donors (Lipinski definition) is 3. The van der Waals surface area contributed by atoms with Crippen molar-refractivity contribution in [1.82, 2.24) is 5.32 Å². The van der Waals surface area contributed by atoms with Crippen molar-refractivity contribution < 1.29 is 9.59 Å². The van der Waals surface area contributed by atoms with Gasteiger partial charge in [-0.05, 0) is 61.6 Å². The van der Waals surface area contributed by atoms with E-state index < -0.39 is 11.4 Å². The Morgan fingerprint density at radius 2 is 1.85 bits per heavy atom. The van der Waals surface area contributed by atoms with Gasteiger partial charge in [0.05, 0.1) is 17.2 Å². The van der Waals surface area contributed by atoms with E-state index in [0.29, 0.717) is 16.8 Å². The third-order valence-corrected chi connectivity index (χ3v) is 4.89. The van der Waals surface area contributed by atoms with E-state index in [1.54, 1.807) is 37.3 Å². The van der Waals surface area contributed by atoms with Gasteiger partial charge in [-0.25, -0.2) is 4.79 Å². The van der Waals surface area contributed by atoms with E-state index in [1.807, 2.05) is 12.1 Å². The van der Waals surface area contributed by atoms with Gasteiger partial charge in [-0.2, -0.15) is 5.26 Å². The van der Waals surface area contributed by atoms with E-state index in [0.717, 1.165) is 30.4 Å². The molecule has 1 saturated carbocycles. The van der Waals surface area contributed by atoms with Crippen molar-refractivity contribution in [2.24, 2.45) is 5.73 Å². The molecule has 0 aromatic heterocycles. The van der Waals surface area contributed by atoms with Crippen LogP contribution in [0.3, 0.4) is 0 Å². The van der Waals surface area contributed by atoms with Gasteiger partial charge in [-0.15, -0.1) is 0 Å². The fraction of sp³-hybridized carbons (Fsp3) is 0.250. The minimum Gasteiger partial charge on any atom is -0.366 e. The summed E-state index contributed by atoms with van der Waals surface area (Å²) in [4.78, 5) is 23.9. The van der Waals surface area contributed by atoms with Crippen LogP contribution in [-0.2, 0) is 5.54 Å². The van der Waals surface area contributed by atoms with Crippen molar-refractivity contribution >= 4 is 17.6 Å². The molecule has 0 bridgehead atoms. The fourth-order valence-corrected chi connectivity index (χ4v) is 3.22. The highest BCUT2D eigenvalue weighted by atomic mass is 16.2. The molecular weight excluding hydrogens is 328 g/mol. The number of benzene rings is 2. The number of primary amides is 1. The molecule has 6 heteroatoms. The monoisotopic (exact) mass is 348 g/mol. The molecule has 4 N–H and O–H groups in total. The summed E-state index contributed by atoms with van der Waals surface area (Å²) in [6.45, 7) is 1.79. The lowest BCUT2D eigenvalue weighted by Gasteiger charge is -2.43. The van der Waals surface area contributed by atoms with Crippen LogP contribution < -0.4 is 16.4 Å². The number of nitrogens with one attached hydrogen (secondary N) is 2. The molecule has 132 valence electrons. The highest BCUT2D eigenvalue weighted by Crippen LogP contribution is 2.41. The number of nitrogens with two attached hydrogens (primary N) is 1. The van der Waals surface area contributed by atoms with E-state index in [1.165, 1.54) is 0 Å². The first-order valence-corrected chi connectivity index (χ1v) is 8.44. The SMILES string of the molecule is Cc1ccc(NC(=O)NC2(c3ccc(C#N)cc3)CCC2)cc1C(N)=O. The molecule has 0 unspecified atom stereocenters. The van der Waals surface area contributed by atoms with E-state index >= 15 is 0 Å². The second kappa shape index (κ2) is 6.89. The highest BCUT2D eigenvalue weighted by Gasteiger charge is 2.40. The quantitative estimate of drug-likeness (QED) is 0.789. The molecule has 26 heavy (non-hydrogen) atoms. The number of amides is 3. The standard InChI is InChI=1S/C20H20N4O2/c1-13-3-8-16(11-17(13)18(22)25)23-19(26)24-20(9-2-10-20)15-6-4-14(12-21)5-7-15/h3-8,11H,2,9-10H2,1H3,(H2,22,25)(H2,23,24,26). The van der Waals surface area contributed by atoms with Crippen molar-refractivity contribution in [1.29, 1.82) is 5.26 Å². The Labute approximate surface area is 152 Å². The van der Waals surface area contributed by atoms with Crippen LogP contribution in [0.15, 0.2) is 42.5 Å². The molecule has 1 fully saturated rings. The Balaban J connectivity index is 1.75. The van der Waals surface area contributed by atoms with Crippen LogP contribution in [-0.4, -0.2) is 11.9 Å². The molecule has 0 atom stereocenters. The molecule has 0 aliphatic heterocycles. The minimum atomic E-state index is -0.528. The lowest BCUT2D eigenvalue weighted by Crippen LogP contribution is -2.52. The third kappa shape index (κ3) is 3.38. The summed E-state index contributed by atoms with van der Waals surface area (Å²) < 4.78 is 0. The summed E-state index contributed by atoms with van der Waals surface area (Å²) in [6, 6.07) is 14.1. The largest absolute Gasteiger partial charge is 0.366 e. The molecule has 0 radical (unpaired) electrons. The van der Waals surface area contributed by atoms with Crippen LogP contribution in [0.1, 0.15) is 46.3 Å². The summed E-state index contributed by atoms with van der Waals surface area (Å²) >= 11 is 0. The summed E-state index contributed by atoms with van der Waals surface area (Å²) in [5, 5.41) is 14.7. The number of hydrogen-bond acceptors (Lipinski definition) is 3. The maximum Gasteiger partial charge on any atom is 0.319 e. The number of anilines is 1. The normalized spacial score (nSPS) is 14.6. The van der Waals surface area contributed by atoms with Gasteiger partial charge in [0.2, 0.25) is 5.91 Å². The van der Waals surface area contributed by atoms with Crippen molar-refractivity contribution in [2.75, 3.05) is 5.32 Å². The first-order chi connectivity index (χ1) is 12.4. The number of nitriles is 1. The Morgan fingerprint density at radius 1 is 1.15 bits per heavy atom. The first-order valence-electron chi connectivity index (χ1n) is 8.44. The molecule has 2 aromatic carbocycles. The molecule has 1 aliphatic carbocycles. The Bertz CT molecular complexity index is 893. The maximum absolute atomic E-state index is 12.5. The predicted molar refractivity (Wildman–Crippen MR) is 98.5 cm³/mol. The van der Waals surface area contributed by atoms with Crippen molar-refractivity contribution in [3.05, 3.63) is 64.7 Å². The average Bonchev–Trinajstić information content (AvgIpc) is 2.60. The van der Waals surface area contributed by atoms with Crippen LogP contribution in [0.2, 0.25) is 0 Å². The third-order valence-electron chi connectivity index (χ3n) is 4.89. The first kappa shape index (κ1) is 17.5. The van der Waals surface area contributed by atoms with E-state index in [2.05, 4.69) is 16.7 Å². The predicted octanol–water partition coefficient (Wildman–Crippen LogP) is 3.17. The van der Waals surface area contributed by atoms with Gasteiger partial charge < -0.3 is 16.4 Å². The zero-order valence-corrected chi connectivity index (χ0v) is 14.5. The minimum absolute atomic E-state index is 0.340. The summed E-state index contributed by atoms with van der Waals surface area (Å²) in [5.74, 6) is -0.528. The topological polar surface area (TPSA) is 108 Å². The van der Waals surface area contributed by atoms with E-state index in [9.17, 15) is 9.59 Å². The zero-order chi connectivity index (χ0) is 18.7.